The summed E-state index contributed by atoms with van der Waals surface area (Å²) in [6.45, 7) is 0. The fourth-order valence-electron chi connectivity index (χ4n) is 2.09. The molecule has 102 valence electrons. The van der Waals surface area contributed by atoms with E-state index >= 15 is 0 Å². The summed E-state index contributed by atoms with van der Waals surface area (Å²) in [5, 5.41) is 4.10. The number of nitrogens with two attached hydrogens (primary N) is 1. The molecule has 0 saturated carbocycles. The Morgan fingerprint density at radius 2 is 1.75 bits per heavy atom. The van der Waals surface area contributed by atoms with Crippen LogP contribution in [-0.2, 0) is 0 Å². The molecule has 3 rings (SSSR count). The largest absolute Gasteiger partial charge is 0.493 e. The molecule has 2 N–H and O–H groups in total. The molecule has 0 bridgehead atoms. The molecule has 20 heavy (non-hydrogen) atoms. The molecule has 2 aromatic heterocycles. The van der Waals surface area contributed by atoms with Gasteiger partial charge < -0.3 is 15.2 Å². The molecule has 0 unspecified atom stereocenters. The zero-order valence-electron chi connectivity index (χ0n) is 11.2. The van der Waals surface area contributed by atoms with E-state index in [0.717, 1.165) is 11.1 Å². The molecule has 0 aliphatic rings. The van der Waals surface area contributed by atoms with Crippen LogP contribution in [0.25, 0.3) is 16.8 Å². The van der Waals surface area contributed by atoms with Gasteiger partial charge in [0.25, 0.3) is 0 Å². The quantitative estimate of drug-likeness (QED) is 0.787. The maximum Gasteiger partial charge on any atom is 0.240 e. The van der Waals surface area contributed by atoms with Gasteiger partial charge in [-0.15, -0.1) is 5.10 Å². The first-order chi connectivity index (χ1) is 9.71. The first kappa shape index (κ1) is 12.3. The standard InChI is InChI=1S/C14H14N4O2/c1-19-11-5-3-9(7-12(11)20-2)10-4-6-13-16-14(15)17-18(13)8-10/h3-8H,1-2H3,(H2,15,17). The Hall–Kier alpha value is -2.76. The van der Waals surface area contributed by atoms with Crippen LogP contribution < -0.4 is 15.2 Å². The number of rotatable bonds is 3. The zero-order valence-corrected chi connectivity index (χ0v) is 11.2. The third-order valence-electron chi connectivity index (χ3n) is 3.06. The Morgan fingerprint density at radius 1 is 1.00 bits per heavy atom. The summed E-state index contributed by atoms with van der Waals surface area (Å²) in [5.74, 6) is 1.64. The summed E-state index contributed by atoms with van der Waals surface area (Å²) in [7, 11) is 3.23. The average Bonchev–Trinajstić information content (AvgIpc) is 2.85. The van der Waals surface area contributed by atoms with Crippen LogP contribution in [0.1, 0.15) is 0 Å². The fraction of sp³-hybridized carbons (Fsp3) is 0.143. The van der Waals surface area contributed by atoms with Gasteiger partial charge in [0.2, 0.25) is 5.95 Å². The molecule has 0 saturated heterocycles. The van der Waals surface area contributed by atoms with Crippen molar-refractivity contribution in [3.63, 3.8) is 0 Å². The molecule has 0 amide bonds. The molecule has 1 aromatic carbocycles. The molecular formula is C14H14N4O2. The molecule has 0 aliphatic carbocycles. The number of fused-ring (bicyclic) bond motifs is 1. The monoisotopic (exact) mass is 270 g/mol. The Bertz CT molecular complexity index is 767. The van der Waals surface area contributed by atoms with E-state index in [9.17, 15) is 0 Å². The van der Waals surface area contributed by atoms with Crippen molar-refractivity contribution >= 4 is 11.6 Å². The van der Waals surface area contributed by atoms with Crippen LogP contribution in [0.5, 0.6) is 11.5 Å². The molecule has 0 fully saturated rings. The fourth-order valence-corrected chi connectivity index (χ4v) is 2.09. The number of ether oxygens (including phenoxy) is 2. The second-order valence-corrected chi connectivity index (χ2v) is 4.26. The summed E-state index contributed by atoms with van der Waals surface area (Å²) >= 11 is 0. The van der Waals surface area contributed by atoms with E-state index in [0.29, 0.717) is 17.1 Å². The lowest BCUT2D eigenvalue weighted by molar-refractivity contribution is 0.355. The number of anilines is 1. The van der Waals surface area contributed by atoms with Crippen LogP contribution in [0.4, 0.5) is 5.95 Å². The molecule has 2 heterocycles. The number of hydrogen-bond donors (Lipinski definition) is 1. The lowest BCUT2D eigenvalue weighted by Crippen LogP contribution is -1.92. The second-order valence-electron chi connectivity index (χ2n) is 4.26. The van der Waals surface area contributed by atoms with E-state index in [-0.39, 0.29) is 5.95 Å². The molecule has 0 radical (unpaired) electrons. The van der Waals surface area contributed by atoms with E-state index in [4.69, 9.17) is 15.2 Å². The molecule has 3 aromatic rings. The summed E-state index contributed by atoms with van der Waals surface area (Å²) in [5.41, 5.74) is 8.29. The predicted molar refractivity (Wildman–Crippen MR) is 75.9 cm³/mol. The Morgan fingerprint density at radius 3 is 2.50 bits per heavy atom. The van der Waals surface area contributed by atoms with E-state index in [1.54, 1.807) is 18.7 Å². The number of aromatic nitrogens is 3. The number of nitrogens with zero attached hydrogens (tertiary/aromatic N) is 3. The van der Waals surface area contributed by atoms with E-state index in [1.807, 2.05) is 36.5 Å². The number of nitrogen functional groups attached to an aromatic ring is 1. The third-order valence-corrected chi connectivity index (χ3v) is 3.06. The van der Waals surface area contributed by atoms with E-state index in [1.165, 1.54) is 0 Å². The van der Waals surface area contributed by atoms with Crippen molar-refractivity contribution in [3.8, 4) is 22.6 Å². The highest BCUT2D eigenvalue weighted by Crippen LogP contribution is 2.32. The Balaban J connectivity index is 2.09. The molecule has 0 aliphatic heterocycles. The molecule has 0 atom stereocenters. The van der Waals surface area contributed by atoms with Gasteiger partial charge in [-0.1, -0.05) is 6.07 Å². The SMILES string of the molecule is COc1ccc(-c2ccc3nc(N)nn3c2)cc1OC. The minimum atomic E-state index is 0.259. The first-order valence-electron chi connectivity index (χ1n) is 6.05. The van der Waals surface area contributed by atoms with Crippen LogP contribution in [0, 0.1) is 0 Å². The highest BCUT2D eigenvalue weighted by molar-refractivity contribution is 5.68. The van der Waals surface area contributed by atoms with Gasteiger partial charge >= 0.3 is 0 Å². The van der Waals surface area contributed by atoms with Gasteiger partial charge in [-0.05, 0) is 29.8 Å². The third kappa shape index (κ3) is 2.01. The summed E-state index contributed by atoms with van der Waals surface area (Å²) in [4.78, 5) is 4.09. The minimum Gasteiger partial charge on any atom is -0.493 e. The van der Waals surface area contributed by atoms with Crippen molar-refractivity contribution in [1.29, 1.82) is 0 Å². The van der Waals surface area contributed by atoms with Crippen molar-refractivity contribution in [2.45, 2.75) is 0 Å². The number of pyridine rings is 1. The Kier molecular flexibility index (Phi) is 2.90. The topological polar surface area (TPSA) is 74.7 Å². The minimum absolute atomic E-state index is 0.259. The maximum atomic E-state index is 5.58. The smallest absolute Gasteiger partial charge is 0.240 e. The highest BCUT2D eigenvalue weighted by Gasteiger charge is 2.08. The zero-order chi connectivity index (χ0) is 14.1. The van der Waals surface area contributed by atoms with Crippen molar-refractivity contribution < 1.29 is 9.47 Å². The predicted octanol–water partition coefficient (Wildman–Crippen LogP) is 2.00. The van der Waals surface area contributed by atoms with Crippen LogP contribution >= 0.6 is 0 Å². The van der Waals surface area contributed by atoms with E-state index in [2.05, 4.69) is 10.1 Å². The van der Waals surface area contributed by atoms with Crippen molar-refractivity contribution in [1.82, 2.24) is 14.6 Å². The van der Waals surface area contributed by atoms with Crippen LogP contribution in [0.3, 0.4) is 0 Å². The lowest BCUT2D eigenvalue weighted by Gasteiger charge is -2.09. The van der Waals surface area contributed by atoms with Gasteiger partial charge in [0.15, 0.2) is 17.1 Å². The normalized spacial score (nSPS) is 10.7. The molecule has 6 heteroatoms. The number of benzene rings is 1. The average molecular weight is 270 g/mol. The molecule has 0 spiro atoms. The van der Waals surface area contributed by atoms with Gasteiger partial charge in [-0.25, -0.2) is 4.52 Å². The van der Waals surface area contributed by atoms with Gasteiger partial charge in [0.1, 0.15) is 0 Å². The Labute approximate surface area is 115 Å². The van der Waals surface area contributed by atoms with Crippen molar-refractivity contribution in [2.75, 3.05) is 20.0 Å². The highest BCUT2D eigenvalue weighted by atomic mass is 16.5. The van der Waals surface area contributed by atoms with Crippen LogP contribution in [0.15, 0.2) is 36.5 Å². The number of methoxy groups -OCH3 is 2. The van der Waals surface area contributed by atoms with Gasteiger partial charge in [0.05, 0.1) is 14.2 Å². The van der Waals surface area contributed by atoms with Gasteiger partial charge in [-0.3, -0.25) is 0 Å². The van der Waals surface area contributed by atoms with Crippen LogP contribution in [-0.4, -0.2) is 28.8 Å². The van der Waals surface area contributed by atoms with Crippen LogP contribution in [0.2, 0.25) is 0 Å². The molecule has 6 nitrogen and oxygen atoms in total. The lowest BCUT2D eigenvalue weighted by atomic mass is 10.1. The summed E-state index contributed by atoms with van der Waals surface area (Å²) < 4.78 is 12.2. The van der Waals surface area contributed by atoms with E-state index < -0.39 is 0 Å². The van der Waals surface area contributed by atoms with Crippen molar-refractivity contribution in [3.05, 3.63) is 36.5 Å². The maximum absolute atomic E-state index is 5.58. The molecular weight excluding hydrogens is 256 g/mol. The van der Waals surface area contributed by atoms with Gasteiger partial charge in [-0.2, -0.15) is 4.98 Å². The first-order valence-corrected chi connectivity index (χ1v) is 6.05. The number of hydrogen-bond acceptors (Lipinski definition) is 5. The van der Waals surface area contributed by atoms with Crippen molar-refractivity contribution in [2.24, 2.45) is 0 Å². The second kappa shape index (κ2) is 4.73. The van der Waals surface area contributed by atoms with Gasteiger partial charge in [0, 0.05) is 11.8 Å². The summed E-state index contributed by atoms with van der Waals surface area (Å²) in [6, 6.07) is 9.58. The summed E-state index contributed by atoms with van der Waals surface area (Å²) in [6.07, 6.45) is 1.87.